The molecule has 0 aromatic carbocycles. The van der Waals surface area contributed by atoms with Crippen LogP contribution in [0.25, 0.3) is 0 Å². The van der Waals surface area contributed by atoms with Crippen molar-refractivity contribution in [2.45, 2.75) is 96.6 Å². The van der Waals surface area contributed by atoms with E-state index in [4.69, 9.17) is 4.74 Å². The lowest BCUT2D eigenvalue weighted by molar-refractivity contribution is -0.0374. The lowest BCUT2D eigenvalue weighted by Crippen LogP contribution is -2.39. The molecule has 2 aliphatic rings. The van der Waals surface area contributed by atoms with Gasteiger partial charge in [0.25, 0.3) is 0 Å². The minimum absolute atomic E-state index is 0.0770. The van der Waals surface area contributed by atoms with Crippen LogP contribution in [0.2, 0.25) is 0 Å². The number of aliphatic hydroxyl groups is 2. The molecule has 3 heteroatoms. The van der Waals surface area contributed by atoms with Crippen LogP contribution < -0.4 is 0 Å². The summed E-state index contributed by atoms with van der Waals surface area (Å²) in [5, 5.41) is 21.1. The van der Waals surface area contributed by atoms with Gasteiger partial charge in [0.2, 0.25) is 0 Å². The van der Waals surface area contributed by atoms with Crippen molar-refractivity contribution in [1.82, 2.24) is 0 Å². The van der Waals surface area contributed by atoms with Crippen LogP contribution in [0.4, 0.5) is 0 Å². The van der Waals surface area contributed by atoms with Gasteiger partial charge in [0.1, 0.15) is 0 Å². The Morgan fingerprint density at radius 1 is 1.17 bits per heavy atom. The zero-order valence-electron chi connectivity index (χ0n) is 15.4. The molecule has 2 N–H and O–H groups in total. The monoisotopic (exact) mass is 322 g/mol. The summed E-state index contributed by atoms with van der Waals surface area (Å²) in [5.41, 5.74) is 1.65. The number of hydrogen-bond donors (Lipinski definition) is 2. The van der Waals surface area contributed by atoms with E-state index in [0.29, 0.717) is 6.10 Å². The Labute approximate surface area is 141 Å². The lowest BCUT2D eigenvalue weighted by Gasteiger charge is -2.33. The second-order valence-electron chi connectivity index (χ2n) is 8.35. The number of epoxide rings is 1. The van der Waals surface area contributed by atoms with Gasteiger partial charge in [0.15, 0.2) is 0 Å². The zero-order chi connectivity index (χ0) is 17.3. The summed E-state index contributed by atoms with van der Waals surface area (Å²) in [6.45, 7) is 10.0. The standard InChI is InChI=1S/C20H34O3/c1-14-7-6-8-15(2)13-17(21)16(19(3,4)22)11-12-20(5)18(23-20)10-9-14/h7,13,16-18,21-22H,6,8-12H2,1-5H3/b14-7+,15-13+/t16-,17-,18-,20-/m1/s1. The van der Waals surface area contributed by atoms with Gasteiger partial charge in [-0.3, -0.25) is 0 Å². The quantitative estimate of drug-likeness (QED) is 0.563. The van der Waals surface area contributed by atoms with E-state index < -0.39 is 11.7 Å². The highest BCUT2D eigenvalue weighted by atomic mass is 16.6. The van der Waals surface area contributed by atoms with Crippen molar-refractivity contribution in [1.29, 1.82) is 0 Å². The smallest absolute Gasteiger partial charge is 0.0920 e. The molecule has 0 amide bonds. The fraction of sp³-hybridized carbons (Fsp3) is 0.800. The summed E-state index contributed by atoms with van der Waals surface area (Å²) in [5.74, 6) is -0.167. The molecule has 0 saturated carbocycles. The molecule has 0 aromatic heterocycles. The topological polar surface area (TPSA) is 53.0 Å². The minimum Gasteiger partial charge on any atom is -0.390 e. The van der Waals surface area contributed by atoms with Gasteiger partial charge in [-0.2, -0.15) is 0 Å². The summed E-state index contributed by atoms with van der Waals surface area (Å²) in [6.07, 6.45) is 9.77. The maximum atomic E-state index is 10.6. The molecular formula is C20H34O3. The van der Waals surface area contributed by atoms with E-state index in [-0.39, 0.29) is 11.5 Å². The van der Waals surface area contributed by atoms with Gasteiger partial charge < -0.3 is 14.9 Å². The van der Waals surface area contributed by atoms with Crippen molar-refractivity contribution in [3.8, 4) is 0 Å². The molecule has 0 bridgehead atoms. The Kier molecular flexibility index (Phi) is 5.76. The van der Waals surface area contributed by atoms with Crippen LogP contribution in [0.15, 0.2) is 23.3 Å². The number of fused-ring (bicyclic) bond motifs is 1. The first-order valence-corrected chi connectivity index (χ1v) is 9.03. The van der Waals surface area contributed by atoms with Gasteiger partial charge in [-0.1, -0.05) is 23.3 Å². The van der Waals surface area contributed by atoms with Gasteiger partial charge in [-0.05, 0) is 73.1 Å². The fourth-order valence-electron chi connectivity index (χ4n) is 3.76. The van der Waals surface area contributed by atoms with E-state index in [1.54, 1.807) is 13.8 Å². The maximum Gasteiger partial charge on any atom is 0.0920 e. The highest BCUT2D eigenvalue weighted by molar-refractivity contribution is 5.10. The van der Waals surface area contributed by atoms with Gasteiger partial charge in [-0.25, -0.2) is 0 Å². The molecule has 132 valence electrons. The predicted molar refractivity (Wildman–Crippen MR) is 94.3 cm³/mol. The van der Waals surface area contributed by atoms with Crippen LogP contribution in [0.1, 0.15) is 73.1 Å². The average molecular weight is 322 g/mol. The molecule has 23 heavy (non-hydrogen) atoms. The Balaban J connectivity index is 2.17. The lowest BCUT2D eigenvalue weighted by atomic mass is 9.79. The molecule has 0 aromatic rings. The van der Waals surface area contributed by atoms with E-state index in [9.17, 15) is 10.2 Å². The fourth-order valence-corrected chi connectivity index (χ4v) is 3.76. The second kappa shape index (κ2) is 7.08. The van der Waals surface area contributed by atoms with Crippen molar-refractivity contribution >= 4 is 0 Å². The highest BCUT2D eigenvalue weighted by Crippen LogP contribution is 2.45. The molecule has 0 radical (unpaired) electrons. The van der Waals surface area contributed by atoms with Crippen LogP contribution >= 0.6 is 0 Å². The van der Waals surface area contributed by atoms with E-state index in [1.165, 1.54) is 11.1 Å². The molecule has 0 unspecified atom stereocenters. The summed E-state index contributed by atoms with van der Waals surface area (Å²) in [7, 11) is 0. The van der Waals surface area contributed by atoms with Crippen LogP contribution in [0.5, 0.6) is 0 Å². The third-order valence-corrected chi connectivity index (χ3v) is 5.59. The number of aliphatic hydroxyl groups excluding tert-OH is 1. The summed E-state index contributed by atoms with van der Waals surface area (Å²) in [4.78, 5) is 0. The average Bonchev–Trinajstić information content (AvgIpc) is 3.05. The Morgan fingerprint density at radius 2 is 1.87 bits per heavy atom. The molecule has 0 spiro atoms. The van der Waals surface area contributed by atoms with Gasteiger partial charge in [0.05, 0.1) is 23.4 Å². The molecule has 4 atom stereocenters. The zero-order valence-corrected chi connectivity index (χ0v) is 15.4. The molecule has 3 nitrogen and oxygen atoms in total. The van der Waals surface area contributed by atoms with Crippen molar-refractivity contribution in [2.75, 3.05) is 0 Å². The molecule has 1 fully saturated rings. The third kappa shape index (κ3) is 5.17. The van der Waals surface area contributed by atoms with Gasteiger partial charge >= 0.3 is 0 Å². The summed E-state index contributed by atoms with van der Waals surface area (Å²) in [6, 6.07) is 0. The summed E-state index contributed by atoms with van der Waals surface area (Å²) >= 11 is 0. The number of allylic oxidation sites excluding steroid dienone is 3. The van der Waals surface area contributed by atoms with Crippen molar-refractivity contribution in [3.63, 3.8) is 0 Å². The number of rotatable bonds is 1. The summed E-state index contributed by atoms with van der Waals surface area (Å²) < 4.78 is 5.94. The molecular weight excluding hydrogens is 288 g/mol. The van der Waals surface area contributed by atoms with Crippen LogP contribution in [-0.2, 0) is 4.74 Å². The van der Waals surface area contributed by atoms with Crippen molar-refractivity contribution in [3.05, 3.63) is 23.3 Å². The predicted octanol–water partition coefficient (Wildman–Crippen LogP) is 4.14. The Bertz CT molecular complexity index is 472. The van der Waals surface area contributed by atoms with E-state index >= 15 is 0 Å². The van der Waals surface area contributed by atoms with Crippen molar-refractivity contribution in [2.24, 2.45) is 5.92 Å². The van der Waals surface area contributed by atoms with Crippen LogP contribution in [0.3, 0.4) is 0 Å². The second-order valence-corrected chi connectivity index (χ2v) is 8.35. The Hall–Kier alpha value is -0.640. The van der Waals surface area contributed by atoms with E-state index in [2.05, 4.69) is 26.8 Å². The van der Waals surface area contributed by atoms with E-state index in [1.807, 2.05) is 6.08 Å². The number of hydrogen-bond acceptors (Lipinski definition) is 3. The molecule has 1 aliphatic carbocycles. The first-order valence-electron chi connectivity index (χ1n) is 9.03. The van der Waals surface area contributed by atoms with E-state index in [0.717, 1.165) is 38.5 Å². The largest absolute Gasteiger partial charge is 0.390 e. The van der Waals surface area contributed by atoms with Crippen LogP contribution in [-0.4, -0.2) is 33.6 Å². The molecule has 2 rings (SSSR count). The van der Waals surface area contributed by atoms with Gasteiger partial charge in [0, 0.05) is 5.92 Å². The minimum atomic E-state index is -0.898. The SMILES string of the molecule is C/C1=C\[C@@H](O)[C@H](C(C)(C)O)CC[C@@]2(C)O[C@@H]2CC/C(C)=C/CC1. The maximum absolute atomic E-state index is 10.6. The molecule has 1 saturated heterocycles. The molecule has 1 aliphatic heterocycles. The van der Waals surface area contributed by atoms with Crippen molar-refractivity contribution < 1.29 is 14.9 Å². The van der Waals surface area contributed by atoms with Gasteiger partial charge in [-0.15, -0.1) is 0 Å². The normalized spacial score (nSPS) is 41.8. The molecule has 1 heterocycles. The van der Waals surface area contributed by atoms with Crippen LogP contribution in [0, 0.1) is 5.92 Å². The third-order valence-electron chi connectivity index (χ3n) is 5.59. The first-order chi connectivity index (χ1) is 10.6. The Morgan fingerprint density at radius 3 is 2.52 bits per heavy atom. The number of ether oxygens (including phenoxy) is 1. The first kappa shape index (κ1) is 18.7. The highest BCUT2D eigenvalue weighted by Gasteiger charge is 2.51.